The molecule has 1 aliphatic heterocycles. The third-order valence-corrected chi connectivity index (χ3v) is 4.73. The van der Waals surface area contributed by atoms with Crippen LogP contribution in [0.15, 0.2) is 36.4 Å². The fraction of sp³-hybridized carbons (Fsp3) is 0.300. The lowest BCUT2D eigenvalue weighted by Gasteiger charge is -2.28. The number of nitrogens with zero attached hydrogens (tertiary/aromatic N) is 1. The second-order valence-electron chi connectivity index (χ2n) is 6.18. The minimum Gasteiger partial charge on any atom is -0.492 e. The summed E-state index contributed by atoms with van der Waals surface area (Å²) < 4.78 is 11.0. The summed E-state index contributed by atoms with van der Waals surface area (Å²) in [6.07, 6.45) is 0.826. The maximum absolute atomic E-state index is 12.2. The lowest BCUT2D eigenvalue weighted by Crippen LogP contribution is -2.38. The molecule has 0 fully saturated rings. The van der Waals surface area contributed by atoms with Crippen molar-refractivity contribution in [2.45, 2.75) is 19.8 Å². The highest BCUT2D eigenvalue weighted by Crippen LogP contribution is 2.34. The topological polar surface area (TPSA) is 67.9 Å². The molecule has 1 N–H and O–H groups in total. The number of amides is 2. The van der Waals surface area contributed by atoms with Crippen molar-refractivity contribution in [3.63, 3.8) is 0 Å². The summed E-state index contributed by atoms with van der Waals surface area (Å²) in [5.41, 5.74) is 1.33. The Morgan fingerprint density at radius 3 is 2.82 bits per heavy atom. The molecule has 2 amide bonds. The van der Waals surface area contributed by atoms with Crippen molar-refractivity contribution < 1.29 is 19.1 Å². The summed E-state index contributed by atoms with van der Waals surface area (Å²) in [6.45, 7) is 2.83. The Balaban J connectivity index is 1.49. The Kier molecular flexibility index (Phi) is 6.65. The smallest absolute Gasteiger partial charge is 0.265 e. The van der Waals surface area contributed by atoms with E-state index < -0.39 is 0 Å². The average Bonchev–Trinajstić information content (AvgIpc) is 2.66. The molecule has 3 rings (SSSR count). The lowest BCUT2D eigenvalue weighted by molar-refractivity contribution is -0.121. The summed E-state index contributed by atoms with van der Waals surface area (Å²) in [6, 6.07) is 10.3. The molecule has 0 saturated carbocycles. The van der Waals surface area contributed by atoms with E-state index in [1.54, 1.807) is 41.3 Å². The number of hydrogen-bond acceptors (Lipinski definition) is 4. The molecular formula is C20H20Cl2N2O4. The molecule has 0 bridgehead atoms. The van der Waals surface area contributed by atoms with E-state index in [9.17, 15) is 9.59 Å². The van der Waals surface area contributed by atoms with E-state index in [4.69, 9.17) is 32.7 Å². The zero-order valence-electron chi connectivity index (χ0n) is 15.3. The molecule has 2 aromatic carbocycles. The summed E-state index contributed by atoms with van der Waals surface area (Å²) in [4.78, 5) is 25.7. The highest BCUT2D eigenvalue weighted by Gasteiger charge is 2.24. The lowest BCUT2D eigenvalue weighted by atomic mass is 10.2. The molecule has 148 valence electrons. The van der Waals surface area contributed by atoms with Crippen molar-refractivity contribution in [1.29, 1.82) is 0 Å². The van der Waals surface area contributed by atoms with Crippen LogP contribution in [0.3, 0.4) is 0 Å². The fourth-order valence-electron chi connectivity index (χ4n) is 2.86. The monoisotopic (exact) mass is 422 g/mol. The third kappa shape index (κ3) is 4.88. The van der Waals surface area contributed by atoms with Gasteiger partial charge < -0.3 is 19.7 Å². The van der Waals surface area contributed by atoms with Crippen LogP contribution in [0.2, 0.25) is 10.0 Å². The van der Waals surface area contributed by atoms with Crippen LogP contribution in [0.4, 0.5) is 11.4 Å². The second-order valence-corrected chi connectivity index (χ2v) is 7.03. The minimum absolute atomic E-state index is 0.00281. The van der Waals surface area contributed by atoms with Gasteiger partial charge in [0.1, 0.15) is 11.5 Å². The van der Waals surface area contributed by atoms with E-state index in [1.165, 1.54) is 0 Å². The summed E-state index contributed by atoms with van der Waals surface area (Å²) in [5.74, 6) is 0.908. The molecule has 0 unspecified atom stereocenters. The van der Waals surface area contributed by atoms with E-state index in [2.05, 4.69) is 5.32 Å². The fourth-order valence-corrected chi connectivity index (χ4v) is 3.32. The zero-order valence-corrected chi connectivity index (χ0v) is 16.8. The molecule has 8 heteroatoms. The molecule has 1 aliphatic rings. The quantitative estimate of drug-likeness (QED) is 0.665. The van der Waals surface area contributed by atoms with Gasteiger partial charge in [-0.25, -0.2) is 0 Å². The van der Waals surface area contributed by atoms with Crippen molar-refractivity contribution >= 4 is 46.4 Å². The number of ether oxygens (including phenoxy) is 2. The number of nitrogens with one attached hydrogen (secondary N) is 1. The van der Waals surface area contributed by atoms with E-state index in [0.29, 0.717) is 58.9 Å². The van der Waals surface area contributed by atoms with Crippen LogP contribution in [-0.4, -0.2) is 31.6 Å². The first-order chi connectivity index (χ1) is 13.5. The number of hydrogen-bond donors (Lipinski definition) is 1. The third-order valence-electron chi connectivity index (χ3n) is 4.20. The molecule has 0 spiro atoms. The molecule has 0 aliphatic carbocycles. The molecule has 0 atom stereocenters. The first-order valence-electron chi connectivity index (χ1n) is 8.93. The molecule has 1 heterocycles. The van der Waals surface area contributed by atoms with Gasteiger partial charge in [0.15, 0.2) is 6.61 Å². The van der Waals surface area contributed by atoms with Gasteiger partial charge in [0.25, 0.3) is 5.91 Å². The standard InChI is InChI=1S/C20H20Cl2N2O4/c1-2-24-16-7-6-14(11-18(16)28-12-20(24)26)23-19(25)4-3-9-27-17-8-5-13(21)10-15(17)22/h5-8,10-11H,2-4,9,12H2,1H3,(H,23,25). The Bertz CT molecular complexity index is 889. The SMILES string of the molecule is CCN1C(=O)COc2cc(NC(=O)CCCOc3ccc(Cl)cc3Cl)ccc21. The predicted octanol–water partition coefficient (Wildman–Crippen LogP) is 4.54. The van der Waals surface area contributed by atoms with Gasteiger partial charge in [-0.15, -0.1) is 0 Å². The van der Waals surface area contributed by atoms with Gasteiger partial charge in [0.05, 0.1) is 17.3 Å². The molecule has 0 radical (unpaired) electrons. The van der Waals surface area contributed by atoms with Gasteiger partial charge in [0, 0.05) is 29.7 Å². The summed E-state index contributed by atoms with van der Waals surface area (Å²) in [7, 11) is 0. The largest absolute Gasteiger partial charge is 0.492 e. The van der Waals surface area contributed by atoms with E-state index in [1.807, 2.05) is 6.92 Å². The van der Waals surface area contributed by atoms with Crippen LogP contribution in [0.1, 0.15) is 19.8 Å². The number of carbonyl (C=O) groups excluding carboxylic acids is 2. The van der Waals surface area contributed by atoms with Crippen molar-refractivity contribution in [2.24, 2.45) is 0 Å². The number of anilines is 2. The number of halogens is 2. The predicted molar refractivity (Wildman–Crippen MR) is 110 cm³/mol. The van der Waals surface area contributed by atoms with E-state index >= 15 is 0 Å². The zero-order chi connectivity index (χ0) is 20.1. The highest BCUT2D eigenvalue weighted by molar-refractivity contribution is 6.35. The number of carbonyl (C=O) groups is 2. The van der Waals surface area contributed by atoms with Gasteiger partial charge in [-0.1, -0.05) is 23.2 Å². The van der Waals surface area contributed by atoms with Crippen LogP contribution in [0, 0.1) is 0 Å². The molecule has 0 aromatic heterocycles. The van der Waals surface area contributed by atoms with Crippen molar-refractivity contribution in [1.82, 2.24) is 0 Å². The Morgan fingerprint density at radius 2 is 2.07 bits per heavy atom. The van der Waals surface area contributed by atoms with Crippen molar-refractivity contribution in [2.75, 3.05) is 30.0 Å². The summed E-state index contributed by atoms with van der Waals surface area (Å²) in [5, 5.41) is 3.81. The van der Waals surface area contributed by atoms with Gasteiger partial charge in [-0.05, 0) is 43.7 Å². The maximum atomic E-state index is 12.2. The van der Waals surface area contributed by atoms with Crippen LogP contribution < -0.4 is 19.7 Å². The first kappa shape index (κ1) is 20.3. The van der Waals surface area contributed by atoms with Gasteiger partial charge in [0.2, 0.25) is 5.91 Å². The Labute approximate surface area is 173 Å². The molecule has 6 nitrogen and oxygen atoms in total. The number of fused-ring (bicyclic) bond motifs is 1. The molecule has 28 heavy (non-hydrogen) atoms. The number of benzene rings is 2. The van der Waals surface area contributed by atoms with Crippen molar-refractivity contribution in [3.05, 3.63) is 46.4 Å². The molecule has 2 aromatic rings. The van der Waals surface area contributed by atoms with Gasteiger partial charge >= 0.3 is 0 Å². The summed E-state index contributed by atoms with van der Waals surface area (Å²) >= 11 is 11.9. The number of rotatable bonds is 7. The van der Waals surface area contributed by atoms with Crippen LogP contribution in [0.25, 0.3) is 0 Å². The van der Waals surface area contributed by atoms with Crippen LogP contribution >= 0.6 is 23.2 Å². The van der Waals surface area contributed by atoms with Crippen LogP contribution in [-0.2, 0) is 9.59 Å². The maximum Gasteiger partial charge on any atom is 0.265 e. The Morgan fingerprint density at radius 1 is 1.25 bits per heavy atom. The van der Waals surface area contributed by atoms with Crippen molar-refractivity contribution in [3.8, 4) is 11.5 Å². The van der Waals surface area contributed by atoms with Gasteiger partial charge in [-0.3, -0.25) is 9.59 Å². The second kappa shape index (κ2) is 9.17. The normalized spacial score (nSPS) is 13.0. The molecular weight excluding hydrogens is 403 g/mol. The van der Waals surface area contributed by atoms with E-state index in [0.717, 1.165) is 0 Å². The Hall–Kier alpha value is -2.44. The highest BCUT2D eigenvalue weighted by atomic mass is 35.5. The van der Waals surface area contributed by atoms with Crippen LogP contribution in [0.5, 0.6) is 11.5 Å². The average molecular weight is 423 g/mol. The number of likely N-dealkylation sites (N-methyl/N-ethyl adjacent to an activating group) is 1. The van der Waals surface area contributed by atoms with E-state index in [-0.39, 0.29) is 18.4 Å². The minimum atomic E-state index is -0.134. The van der Waals surface area contributed by atoms with Gasteiger partial charge in [-0.2, -0.15) is 0 Å². The molecule has 0 saturated heterocycles. The first-order valence-corrected chi connectivity index (χ1v) is 9.68.